The summed E-state index contributed by atoms with van der Waals surface area (Å²) >= 11 is 0. The van der Waals surface area contributed by atoms with E-state index in [1.54, 1.807) is 29.2 Å². The van der Waals surface area contributed by atoms with Gasteiger partial charge in [0.15, 0.2) is 6.61 Å². The van der Waals surface area contributed by atoms with Gasteiger partial charge in [-0.3, -0.25) is 9.59 Å². The topological polar surface area (TPSA) is 75.7 Å². The molecule has 3 rings (SSSR count). The second-order valence-electron chi connectivity index (χ2n) is 6.71. The molecule has 1 aliphatic heterocycles. The Bertz CT molecular complexity index is 629. The summed E-state index contributed by atoms with van der Waals surface area (Å²) in [4.78, 5) is 37.7. The van der Waals surface area contributed by atoms with E-state index in [1.807, 2.05) is 0 Å². The van der Waals surface area contributed by atoms with Crippen LogP contribution in [-0.2, 0) is 14.3 Å². The third kappa shape index (κ3) is 5.05. The number of amides is 2. The Balaban J connectivity index is 1.47. The molecular formula is C19H24N2O4. The summed E-state index contributed by atoms with van der Waals surface area (Å²) in [5.41, 5.74) is 1.03. The lowest BCUT2D eigenvalue weighted by Gasteiger charge is -2.19. The number of anilines is 1. The van der Waals surface area contributed by atoms with Gasteiger partial charge in [-0.2, -0.15) is 0 Å². The zero-order chi connectivity index (χ0) is 17.6. The lowest BCUT2D eigenvalue weighted by atomic mass is 10.2. The van der Waals surface area contributed by atoms with Crippen LogP contribution < -0.4 is 5.32 Å². The molecule has 0 atom stereocenters. The van der Waals surface area contributed by atoms with E-state index in [-0.39, 0.29) is 24.3 Å². The molecule has 0 aromatic heterocycles. The first-order valence-electron chi connectivity index (χ1n) is 8.99. The minimum absolute atomic E-state index is 0.0263. The molecule has 1 aromatic rings. The molecule has 6 heteroatoms. The summed E-state index contributed by atoms with van der Waals surface area (Å²) in [5.74, 6) is -0.500. The lowest BCUT2D eigenvalue weighted by molar-refractivity contribution is -0.134. The van der Waals surface area contributed by atoms with Gasteiger partial charge in [0.1, 0.15) is 0 Å². The van der Waals surface area contributed by atoms with E-state index in [0.29, 0.717) is 11.3 Å². The molecule has 1 N–H and O–H groups in total. The number of nitrogens with one attached hydrogen (secondary N) is 1. The Morgan fingerprint density at radius 1 is 1.00 bits per heavy atom. The summed E-state index contributed by atoms with van der Waals surface area (Å²) in [7, 11) is 0. The van der Waals surface area contributed by atoms with Crippen molar-refractivity contribution in [3.8, 4) is 0 Å². The van der Waals surface area contributed by atoms with Crippen molar-refractivity contribution in [2.24, 2.45) is 5.92 Å². The number of likely N-dealkylation sites (tertiary alicyclic amines) is 1. The number of nitrogens with zero attached hydrogens (tertiary/aromatic N) is 1. The van der Waals surface area contributed by atoms with Gasteiger partial charge in [0.2, 0.25) is 5.91 Å². The van der Waals surface area contributed by atoms with Gasteiger partial charge in [0, 0.05) is 24.7 Å². The molecule has 1 saturated heterocycles. The third-order valence-electron chi connectivity index (χ3n) is 4.62. The van der Waals surface area contributed by atoms with Crippen LogP contribution in [0.1, 0.15) is 48.9 Å². The first-order valence-corrected chi connectivity index (χ1v) is 8.99. The Hall–Kier alpha value is -2.37. The lowest BCUT2D eigenvalue weighted by Crippen LogP contribution is -2.35. The maximum atomic E-state index is 12.1. The number of carbonyl (C=O) groups is 3. The van der Waals surface area contributed by atoms with Crippen LogP contribution in [-0.4, -0.2) is 42.4 Å². The third-order valence-corrected chi connectivity index (χ3v) is 4.62. The smallest absolute Gasteiger partial charge is 0.338 e. The Labute approximate surface area is 147 Å². The summed E-state index contributed by atoms with van der Waals surface area (Å²) in [5, 5.41) is 2.82. The van der Waals surface area contributed by atoms with Crippen LogP contribution in [0.5, 0.6) is 0 Å². The monoisotopic (exact) mass is 344 g/mol. The average Bonchev–Trinajstić information content (AvgIpc) is 3.46. The quantitative estimate of drug-likeness (QED) is 0.833. The number of hydrogen-bond donors (Lipinski definition) is 1. The number of benzene rings is 1. The van der Waals surface area contributed by atoms with Gasteiger partial charge in [-0.15, -0.1) is 0 Å². The van der Waals surface area contributed by atoms with E-state index in [4.69, 9.17) is 4.74 Å². The van der Waals surface area contributed by atoms with Gasteiger partial charge in [-0.25, -0.2) is 4.79 Å². The normalized spacial score (nSPS) is 17.5. The van der Waals surface area contributed by atoms with Crippen LogP contribution in [0.15, 0.2) is 24.3 Å². The van der Waals surface area contributed by atoms with Crippen molar-refractivity contribution >= 4 is 23.5 Å². The minimum atomic E-state index is -0.525. The van der Waals surface area contributed by atoms with Gasteiger partial charge >= 0.3 is 5.97 Å². The SMILES string of the molecule is O=C(OCC(=O)N1CCCCCC1)c1ccc(NC(=O)C2CC2)cc1. The largest absolute Gasteiger partial charge is 0.452 e. The van der Waals surface area contributed by atoms with Gasteiger partial charge in [0.05, 0.1) is 5.56 Å². The highest BCUT2D eigenvalue weighted by Crippen LogP contribution is 2.30. The number of hydrogen-bond acceptors (Lipinski definition) is 4. The van der Waals surface area contributed by atoms with Crippen LogP contribution in [0.3, 0.4) is 0 Å². The van der Waals surface area contributed by atoms with Gasteiger partial charge in [-0.05, 0) is 49.9 Å². The summed E-state index contributed by atoms with van der Waals surface area (Å²) in [6.45, 7) is 1.26. The second-order valence-corrected chi connectivity index (χ2v) is 6.71. The maximum absolute atomic E-state index is 12.1. The molecule has 0 spiro atoms. The molecule has 2 amide bonds. The van der Waals surface area contributed by atoms with Crippen LogP contribution in [0.4, 0.5) is 5.69 Å². The fourth-order valence-corrected chi connectivity index (χ4v) is 2.90. The highest BCUT2D eigenvalue weighted by Gasteiger charge is 2.29. The first kappa shape index (κ1) is 17.5. The summed E-state index contributed by atoms with van der Waals surface area (Å²) < 4.78 is 5.14. The Morgan fingerprint density at radius 2 is 1.64 bits per heavy atom. The minimum Gasteiger partial charge on any atom is -0.452 e. The average molecular weight is 344 g/mol. The van der Waals surface area contributed by atoms with Crippen LogP contribution in [0.25, 0.3) is 0 Å². The molecule has 1 aliphatic carbocycles. The molecule has 1 aromatic carbocycles. The predicted octanol–water partition coefficient (Wildman–Crippen LogP) is 2.59. The molecule has 25 heavy (non-hydrogen) atoms. The van der Waals surface area contributed by atoms with Crippen LogP contribution in [0, 0.1) is 5.92 Å². The van der Waals surface area contributed by atoms with Gasteiger partial charge in [-0.1, -0.05) is 12.8 Å². The van der Waals surface area contributed by atoms with E-state index in [0.717, 1.165) is 51.6 Å². The fraction of sp³-hybridized carbons (Fsp3) is 0.526. The van der Waals surface area contributed by atoms with Crippen molar-refractivity contribution in [1.29, 1.82) is 0 Å². The zero-order valence-electron chi connectivity index (χ0n) is 14.3. The molecule has 2 aliphatic rings. The van der Waals surface area contributed by atoms with E-state index >= 15 is 0 Å². The molecule has 2 fully saturated rings. The van der Waals surface area contributed by atoms with Crippen molar-refractivity contribution in [3.63, 3.8) is 0 Å². The maximum Gasteiger partial charge on any atom is 0.338 e. The van der Waals surface area contributed by atoms with E-state index < -0.39 is 5.97 Å². The van der Waals surface area contributed by atoms with Gasteiger partial charge in [0.25, 0.3) is 5.91 Å². The van der Waals surface area contributed by atoms with E-state index in [1.165, 1.54) is 0 Å². The van der Waals surface area contributed by atoms with E-state index in [9.17, 15) is 14.4 Å². The highest BCUT2D eigenvalue weighted by atomic mass is 16.5. The number of carbonyl (C=O) groups excluding carboxylic acids is 3. The van der Waals surface area contributed by atoms with Crippen molar-refractivity contribution in [1.82, 2.24) is 4.90 Å². The first-order chi connectivity index (χ1) is 12.1. The molecular weight excluding hydrogens is 320 g/mol. The molecule has 134 valence electrons. The molecule has 6 nitrogen and oxygen atoms in total. The fourth-order valence-electron chi connectivity index (χ4n) is 2.90. The molecule has 0 radical (unpaired) electrons. The Morgan fingerprint density at radius 3 is 2.24 bits per heavy atom. The predicted molar refractivity (Wildman–Crippen MR) is 93.1 cm³/mol. The standard InChI is InChI=1S/C19H24N2O4/c22-17(21-11-3-1-2-4-12-21)13-25-19(24)15-7-9-16(10-8-15)20-18(23)14-5-6-14/h7-10,14H,1-6,11-13H2,(H,20,23). The van der Waals surface area contributed by atoms with E-state index in [2.05, 4.69) is 5.32 Å². The highest BCUT2D eigenvalue weighted by molar-refractivity contribution is 5.95. The molecule has 0 unspecified atom stereocenters. The van der Waals surface area contributed by atoms with Crippen molar-refractivity contribution in [2.75, 3.05) is 25.0 Å². The molecule has 1 saturated carbocycles. The number of ether oxygens (including phenoxy) is 1. The Kier molecular flexibility index (Phi) is 5.68. The molecule has 1 heterocycles. The van der Waals surface area contributed by atoms with Crippen LogP contribution >= 0.6 is 0 Å². The van der Waals surface area contributed by atoms with Crippen LogP contribution in [0.2, 0.25) is 0 Å². The second kappa shape index (κ2) is 8.14. The van der Waals surface area contributed by atoms with Crippen molar-refractivity contribution in [3.05, 3.63) is 29.8 Å². The number of esters is 1. The van der Waals surface area contributed by atoms with Crippen molar-refractivity contribution < 1.29 is 19.1 Å². The molecule has 0 bridgehead atoms. The number of rotatable bonds is 5. The zero-order valence-corrected chi connectivity index (χ0v) is 14.3. The van der Waals surface area contributed by atoms with Gasteiger partial charge < -0.3 is 15.0 Å². The van der Waals surface area contributed by atoms with Crippen molar-refractivity contribution in [2.45, 2.75) is 38.5 Å². The summed E-state index contributed by atoms with van der Waals surface area (Å²) in [6, 6.07) is 6.55. The summed E-state index contributed by atoms with van der Waals surface area (Å²) in [6.07, 6.45) is 6.20.